The van der Waals surface area contributed by atoms with Crippen LogP contribution in [0.2, 0.25) is 0 Å². The monoisotopic (exact) mass is 620 g/mol. The number of carbonyl (C=O) groups is 1. The van der Waals surface area contributed by atoms with Gasteiger partial charge in [0.05, 0.1) is 28.8 Å². The number of phenols is 1. The van der Waals surface area contributed by atoms with Crippen molar-refractivity contribution in [2.45, 2.75) is 59.5 Å². The summed E-state index contributed by atoms with van der Waals surface area (Å²) in [6, 6.07) is 6.56. The number of allylic oxidation sites excluding steroid dienone is 5. The Morgan fingerprint density at radius 2 is 1.57 bits per heavy atom. The van der Waals surface area contributed by atoms with Gasteiger partial charge in [0.1, 0.15) is 5.75 Å². The second-order valence-corrected chi connectivity index (χ2v) is 13.4. The molecule has 0 aromatic heterocycles. The third-order valence-electron chi connectivity index (χ3n) is 6.57. The van der Waals surface area contributed by atoms with Crippen molar-refractivity contribution in [3.8, 4) is 11.5 Å². The van der Waals surface area contributed by atoms with Crippen LogP contribution in [0.5, 0.6) is 11.5 Å². The first kappa shape index (κ1) is 33.3. The molecule has 0 aliphatic carbocycles. The van der Waals surface area contributed by atoms with Gasteiger partial charge in [0.15, 0.2) is 5.75 Å². The number of carbonyl (C=O) groups excluding carboxylic acids is 1. The second kappa shape index (κ2) is 13.9. The van der Waals surface area contributed by atoms with Crippen molar-refractivity contribution in [2.24, 2.45) is 0 Å². The average molecular weight is 621 g/mol. The highest BCUT2D eigenvalue weighted by Crippen LogP contribution is 2.50. The first-order valence-electron chi connectivity index (χ1n) is 13.4. The van der Waals surface area contributed by atoms with E-state index in [1.54, 1.807) is 0 Å². The van der Waals surface area contributed by atoms with E-state index < -0.39 is 27.5 Å². The van der Waals surface area contributed by atoms with Gasteiger partial charge >= 0.3 is 15.4 Å². The van der Waals surface area contributed by atoms with Gasteiger partial charge in [0.2, 0.25) is 0 Å². The van der Waals surface area contributed by atoms with Crippen LogP contribution in [0.1, 0.15) is 69.3 Å². The molecule has 6 N–H and O–H groups in total. The summed E-state index contributed by atoms with van der Waals surface area (Å²) in [6.45, 7) is 8.25. The number of benzene rings is 2. The van der Waals surface area contributed by atoms with E-state index in [9.17, 15) is 38.6 Å². The average Bonchev–Trinajstić information content (AvgIpc) is 2.95. The van der Waals surface area contributed by atoms with Crippen LogP contribution in [0.15, 0.2) is 65.3 Å². The molecule has 0 atom stereocenters. The quantitative estimate of drug-likeness (QED) is 0.0854. The molecule has 11 nitrogen and oxygen atoms in total. The number of phenolic OH excluding ortho intramolecular Hbond substituents is 1. The number of phosphoric ester groups is 1. The smallest absolute Gasteiger partial charge is 0.508 e. The first-order chi connectivity index (χ1) is 19.5. The standard InChI is InChI=1S/C29H38N2O9P2/c1-19(2)8-5-9-20(3)10-6-11-21(4)14-15-31-25-17-23(32)16-22(18-41(34,35)36)27(25)30-28-24(29(31)33)12-7-13-26(28)40-42(37,38)39/h7-8,10,12-14,16-17,30,32H,5-6,9,11,15,18H2,1-4H3,(H2,34,35,36)(H2,37,38,39)/b20-10+,21-14+. The molecular formula is C29H38N2O9P2. The van der Waals surface area contributed by atoms with Crippen molar-refractivity contribution in [3.05, 3.63) is 76.4 Å². The van der Waals surface area contributed by atoms with Crippen LogP contribution in [-0.2, 0) is 15.3 Å². The van der Waals surface area contributed by atoms with Gasteiger partial charge in [0, 0.05) is 12.6 Å². The molecule has 0 unspecified atom stereocenters. The van der Waals surface area contributed by atoms with Crippen molar-refractivity contribution in [3.63, 3.8) is 0 Å². The molecule has 42 heavy (non-hydrogen) atoms. The highest BCUT2D eigenvalue weighted by Gasteiger charge is 2.32. The molecule has 1 amide bonds. The van der Waals surface area contributed by atoms with E-state index in [0.29, 0.717) is 0 Å². The number of para-hydroxylation sites is 1. The number of nitrogens with zero attached hydrogens (tertiary/aromatic N) is 1. The zero-order valence-electron chi connectivity index (χ0n) is 24.1. The summed E-state index contributed by atoms with van der Waals surface area (Å²) >= 11 is 0. The molecule has 1 aliphatic rings. The highest BCUT2D eigenvalue weighted by atomic mass is 31.2. The van der Waals surface area contributed by atoms with E-state index in [-0.39, 0.29) is 46.2 Å². The lowest BCUT2D eigenvalue weighted by Gasteiger charge is -2.24. The van der Waals surface area contributed by atoms with E-state index in [0.717, 1.165) is 31.3 Å². The lowest BCUT2D eigenvalue weighted by Crippen LogP contribution is -2.30. The molecule has 0 bridgehead atoms. The summed E-state index contributed by atoms with van der Waals surface area (Å²) < 4.78 is 28.4. The molecular weight excluding hydrogens is 582 g/mol. The van der Waals surface area contributed by atoms with Crippen LogP contribution >= 0.6 is 15.4 Å². The lowest BCUT2D eigenvalue weighted by molar-refractivity contribution is 0.0990. The number of hydrogen-bond donors (Lipinski definition) is 6. The zero-order valence-corrected chi connectivity index (χ0v) is 25.9. The van der Waals surface area contributed by atoms with Crippen LogP contribution in [0.3, 0.4) is 0 Å². The fourth-order valence-electron chi connectivity index (χ4n) is 4.56. The molecule has 228 valence electrons. The van der Waals surface area contributed by atoms with Gasteiger partial charge in [-0.25, -0.2) is 4.57 Å². The topological polar surface area (TPSA) is 177 Å². The Morgan fingerprint density at radius 1 is 0.929 bits per heavy atom. The normalized spacial score (nSPS) is 14.1. The van der Waals surface area contributed by atoms with Crippen molar-refractivity contribution >= 4 is 38.4 Å². The number of hydrogen-bond acceptors (Lipinski definition) is 6. The van der Waals surface area contributed by atoms with Crippen LogP contribution < -0.4 is 14.7 Å². The number of phosphoric acid groups is 1. The first-order valence-corrected chi connectivity index (χ1v) is 16.7. The SMILES string of the molecule is CC(C)=CCC/C(C)=C/CC/C(C)=C/CN1C(=O)c2cccc(OP(=O)(O)O)c2Nc2c(CP(=O)(O)O)cc(O)cc21. The van der Waals surface area contributed by atoms with Crippen LogP contribution in [-0.4, -0.2) is 37.1 Å². The fraction of sp³-hybridized carbons (Fsp3) is 0.345. The molecule has 2 aromatic carbocycles. The molecule has 13 heteroatoms. The molecule has 1 heterocycles. The minimum Gasteiger partial charge on any atom is -0.508 e. The van der Waals surface area contributed by atoms with Gasteiger partial charge in [-0.3, -0.25) is 19.1 Å². The third kappa shape index (κ3) is 9.70. The van der Waals surface area contributed by atoms with Gasteiger partial charge in [-0.15, -0.1) is 0 Å². The summed E-state index contributed by atoms with van der Waals surface area (Å²) in [5.41, 5.74) is 3.75. The lowest BCUT2D eigenvalue weighted by atomic mass is 10.1. The number of nitrogens with one attached hydrogen (secondary N) is 1. The molecule has 1 aliphatic heterocycles. The van der Waals surface area contributed by atoms with E-state index in [1.807, 2.05) is 13.0 Å². The molecule has 0 fully saturated rings. The summed E-state index contributed by atoms with van der Waals surface area (Å²) in [5.74, 6) is -1.21. The Bertz CT molecular complexity index is 1520. The van der Waals surface area contributed by atoms with E-state index in [1.165, 1.54) is 46.4 Å². The minimum atomic E-state index is -5.02. The minimum absolute atomic E-state index is 0.00407. The molecule has 0 radical (unpaired) electrons. The highest BCUT2D eigenvalue weighted by molar-refractivity contribution is 7.50. The van der Waals surface area contributed by atoms with Crippen LogP contribution in [0.4, 0.5) is 17.1 Å². The maximum absolute atomic E-state index is 13.8. The van der Waals surface area contributed by atoms with Crippen LogP contribution in [0, 0.1) is 0 Å². The number of fused-ring (bicyclic) bond motifs is 2. The Morgan fingerprint density at radius 3 is 2.19 bits per heavy atom. The molecule has 3 rings (SSSR count). The summed E-state index contributed by atoms with van der Waals surface area (Å²) in [5, 5.41) is 13.4. The summed E-state index contributed by atoms with van der Waals surface area (Å²) in [4.78, 5) is 53.4. The predicted molar refractivity (Wildman–Crippen MR) is 163 cm³/mol. The van der Waals surface area contributed by atoms with Gasteiger partial charge in [-0.05, 0) is 77.1 Å². The molecule has 0 saturated heterocycles. The number of rotatable bonds is 12. The van der Waals surface area contributed by atoms with Gasteiger partial charge in [-0.2, -0.15) is 0 Å². The molecule has 0 saturated carbocycles. The maximum atomic E-state index is 13.8. The van der Waals surface area contributed by atoms with Gasteiger partial charge in [-0.1, -0.05) is 41.0 Å². The summed E-state index contributed by atoms with van der Waals surface area (Å²) in [6.07, 6.45) is 9.03. The van der Waals surface area contributed by atoms with Crippen molar-refractivity contribution in [2.75, 3.05) is 16.8 Å². The predicted octanol–water partition coefficient (Wildman–Crippen LogP) is 6.66. The maximum Gasteiger partial charge on any atom is 0.524 e. The van der Waals surface area contributed by atoms with Gasteiger partial charge < -0.3 is 29.6 Å². The Balaban J connectivity index is 1.99. The van der Waals surface area contributed by atoms with E-state index >= 15 is 0 Å². The van der Waals surface area contributed by atoms with Gasteiger partial charge in [0.25, 0.3) is 5.91 Å². The molecule has 0 spiro atoms. The van der Waals surface area contributed by atoms with Crippen molar-refractivity contribution in [1.82, 2.24) is 0 Å². The molecule has 2 aromatic rings. The largest absolute Gasteiger partial charge is 0.524 e. The van der Waals surface area contributed by atoms with E-state index in [4.69, 9.17) is 4.52 Å². The number of amides is 1. The fourth-order valence-corrected chi connectivity index (χ4v) is 5.66. The summed E-state index contributed by atoms with van der Waals surface area (Å²) in [7, 11) is -9.65. The van der Waals surface area contributed by atoms with Crippen molar-refractivity contribution < 1.29 is 43.1 Å². The van der Waals surface area contributed by atoms with Crippen molar-refractivity contribution in [1.29, 1.82) is 0 Å². The number of aromatic hydroxyl groups is 1. The Labute approximate surface area is 245 Å². The van der Waals surface area contributed by atoms with E-state index in [2.05, 4.69) is 38.2 Å². The Hall–Kier alpha value is -3.17. The number of anilines is 3. The van der Waals surface area contributed by atoms with Crippen LogP contribution in [0.25, 0.3) is 0 Å². The zero-order chi connectivity index (χ0) is 31.2. The Kier molecular flexibility index (Phi) is 11.0. The second-order valence-electron chi connectivity index (χ2n) is 10.6. The third-order valence-corrected chi connectivity index (χ3v) is 7.75.